The normalized spacial score (nSPS) is 12.2. The Balaban J connectivity index is 2.74. The molecule has 1 atom stereocenters. The van der Waals surface area contributed by atoms with E-state index in [-0.39, 0.29) is 0 Å². The van der Waals surface area contributed by atoms with Crippen LogP contribution < -0.4 is 14.8 Å². The summed E-state index contributed by atoms with van der Waals surface area (Å²) < 4.78 is 10.9. The van der Waals surface area contributed by atoms with Crippen molar-refractivity contribution in [2.75, 3.05) is 20.8 Å². The lowest BCUT2D eigenvalue weighted by molar-refractivity contribution is 0.379. The van der Waals surface area contributed by atoms with Crippen LogP contribution >= 0.6 is 0 Å². The number of rotatable bonds is 9. The average molecular weight is 265 g/mol. The zero-order valence-electron chi connectivity index (χ0n) is 12.7. The molecule has 0 heterocycles. The smallest absolute Gasteiger partial charge is 0.125 e. The van der Waals surface area contributed by atoms with Gasteiger partial charge in [0.2, 0.25) is 0 Å². The number of nitrogens with one attached hydrogen (secondary N) is 1. The average Bonchev–Trinajstić information content (AvgIpc) is 2.44. The minimum atomic E-state index is 0.574. The molecule has 1 aromatic rings. The molecule has 0 aliphatic heterocycles. The zero-order chi connectivity index (χ0) is 14.1. The monoisotopic (exact) mass is 265 g/mol. The predicted molar refractivity (Wildman–Crippen MR) is 80.2 cm³/mol. The highest BCUT2D eigenvalue weighted by Crippen LogP contribution is 2.29. The quantitative estimate of drug-likeness (QED) is 0.742. The van der Waals surface area contributed by atoms with E-state index in [4.69, 9.17) is 9.47 Å². The molecule has 1 rings (SSSR count). The Labute approximate surface area is 117 Å². The van der Waals surface area contributed by atoms with Crippen LogP contribution in [0.5, 0.6) is 11.5 Å². The molecule has 0 amide bonds. The fraction of sp³-hybridized carbons (Fsp3) is 0.625. The maximum atomic E-state index is 5.44. The minimum absolute atomic E-state index is 0.574. The van der Waals surface area contributed by atoms with E-state index >= 15 is 0 Å². The van der Waals surface area contributed by atoms with Crippen molar-refractivity contribution in [3.63, 3.8) is 0 Å². The van der Waals surface area contributed by atoms with E-state index in [2.05, 4.69) is 19.2 Å². The Morgan fingerprint density at radius 2 is 1.68 bits per heavy atom. The van der Waals surface area contributed by atoms with Crippen LogP contribution in [0.4, 0.5) is 0 Å². The molecular weight excluding hydrogens is 238 g/mol. The first-order chi connectivity index (χ1) is 9.26. The van der Waals surface area contributed by atoms with Crippen molar-refractivity contribution in [3.05, 3.63) is 23.8 Å². The van der Waals surface area contributed by atoms with Gasteiger partial charge in [-0.3, -0.25) is 0 Å². The fourth-order valence-electron chi connectivity index (χ4n) is 2.48. The molecular formula is C16H27NO2. The first-order valence-electron chi connectivity index (χ1n) is 7.20. The molecule has 3 heteroatoms. The molecule has 0 bridgehead atoms. The van der Waals surface area contributed by atoms with E-state index in [1.54, 1.807) is 14.2 Å². The highest BCUT2D eigenvalue weighted by Gasteiger charge is 2.13. The van der Waals surface area contributed by atoms with Gasteiger partial charge in [0.15, 0.2) is 0 Å². The number of methoxy groups -OCH3 is 2. The highest BCUT2D eigenvalue weighted by molar-refractivity contribution is 5.44. The summed E-state index contributed by atoms with van der Waals surface area (Å²) in [5.74, 6) is 1.84. The largest absolute Gasteiger partial charge is 0.496 e. The second-order valence-corrected chi connectivity index (χ2v) is 4.72. The molecule has 19 heavy (non-hydrogen) atoms. The van der Waals surface area contributed by atoms with Gasteiger partial charge in [-0.1, -0.05) is 26.3 Å². The second kappa shape index (κ2) is 8.81. The Bertz CT molecular complexity index is 338. The van der Waals surface area contributed by atoms with Crippen LogP contribution in [0.15, 0.2) is 18.2 Å². The standard InChI is InChI=1S/C16H27NO2/c1-5-8-13(17-6-2)11-12-14-15(18-3)9-7-10-16(14)19-4/h7,9-10,13,17H,5-6,8,11-12H2,1-4H3. The van der Waals surface area contributed by atoms with Crippen molar-refractivity contribution in [1.82, 2.24) is 5.32 Å². The van der Waals surface area contributed by atoms with Crippen molar-refractivity contribution < 1.29 is 9.47 Å². The van der Waals surface area contributed by atoms with Gasteiger partial charge in [0.05, 0.1) is 14.2 Å². The Kier molecular flexibility index (Phi) is 7.34. The first-order valence-corrected chi connectivity index (χ1v) is 7.20. The predicted octanol–water partition coefficient (Wildman–Crippen LogP) is 3.41. The Morgan fingerprint density at radius 1 is 1.05 bits per heavy atom. The first kappa shape index (κ1) is 15.8. The van der Waals surface area contributed by atoms with Crippen molar-refractivity contribution in [1.29, 1.82) is 0 Å². The van der Waals surface area contributed by atoms with Gasteiger partial charge in [-0.05, 0) is 37.9 Å². The van der Waals surface area contributed by atoms with Gasteiger partial charge in [0.1, 0.15) is 11.5 Å². The van der Waals surface area contributed by atoms with Crippen molar-refractivity contribution in [2.24, 2.45) is 0 Å². The summed E-state index contributed by atoms with van der Waals surface area (Å²) in [4.78, 5) is 0. The highest BCUT2D eigenvalue weighted by atomic mass is 16.5. The minimum Gasteiger partial charge on any atom is -0.496 e. The summed E-state index contributed by atoms with van der Waals surface area (Å²) in [5, 5.41) is 3.55. The fourth-order valence-corrected chi connectivity index (χ4v) is 2.48. The summed E-state index contributed by atoms with van der Waals surface area (Å²) in [6, 6.07) is 6.54. The molecule has 0 aliphatic carbocycles. The number of hydrogen-bond donors (Lipinski definition) is 1. The van der Waals surface area contributed by atoms with Gasteiger partial charge >= 0.3 is 0 Å². The van der Waals surface area contributed by atoms with Gasteiger partial charge in [-0.2, -0.15) is 0 Å². The Morgan fingerprint density at radius 3 is 2.16 bits per heavy atom. The molecule has 0 spiro atoms. The van der Waals surface area contributed by atoms with Crippen LogP contribution in [0.1, 0.15) is 38.7 Å². The van der Waals surface area contributed by atoms with Crippen LogP contribution in [-0.4, -0.2) is 26.8 Å². The van der Waals surface area contributed by atoms with Gasteiger partial charge in [0.25, 0.3) is 0 Å². The lowest BCUT2D eigenvalue weighted by Gasteiger charge is -2.19. The molecule has 108 valence electrons. The van der Waals surface area contributed by atoms with Crippen LogP contribution in [0.2, 0.25) is 0 Å². The van der Waals surface area contributed by atoms with E-state index in [0.29, 0.717) is 6.04 Å². The lowest BCUT2D eigenvalue weighted by atomic mass is 10.0. The van der Waals surface area contributed by atoms with Gasteiger partial charge in [-0.15, -0.1) is 0 Å². The van der Waals surface area contributed by atoms with Crippen molar-refractivity contribution >= 4 is 0 Å². The van der Waals surface area contributed by atoms with E-state index in [1.807, 2.05) is 18.2 Å². The van der Waals surface area contributed by atoms with Crippen LogP contribution in [0, 0.1) is 0 Å². The molecule has 0 aromatic heterocycles. The third kappa shape index (κ3) is 4.75. The van der Waals surface area contributed by atoms with Crippen LogP contribution in [0.25, 0.3) is 0 Å². The third-order valence-electron chi connectivity index (χ3n) is 3.40. The van der Waals surface area contributed by atoms with Crippen molar-refractivity contribution in [2.45, 2.75) is 45.6 Å². The van der Waals surface area contributed by atoms with Gasteiger partial charge < -0.3 is 14.8 Å². The molecule has 3 nitrogen and oxygen atoms in total. The lowest BCUT2D eigenvalue weighted by Crippen LogP contribution is -2.29. The number of ether oxygens (including phenoxy) is 2. The molecule has 0 aliphatic rings. The van der Waals surface area contributed by atoms with E-state index in [0.717, 1.165) is 30.9 Å². The maximum absolute atomic E-state index is 5.44. The van der Waals surface area contributed by atoms with E-state index < -0.39 is 0 Å². The summed E-state index contributed by atoms with van der Waals surface area (Å²) in [6.07, 6.45) is 4.51. The summed E-state index contributed by atoms with van der Waals surface area (Å²) >= 11 is 0. The molecule has 0 saturated carbocycles. The molecule has 1 N–H and O–H groups in total. The molecule has 0 radical (unpaired) electrons. The molecule has 0 fully saturated rings. The SMILES string of the molecule is CCCC(CCc1c(OC)cccc1OC)NCC. The van der Waals surface area contributed by atoms with Crippen LogP contribution in [-0.2, 0) is 6.42 Å². The molecule has 1 unspecified atom stereocenters. The van der Waals surface area contributed by atoms with E-state index in [1.165, 1.54) is 18.4 Å². The summed E-state index contributed by atoms with van der Waals surface area (Å²) in [5.41, 5.74) is 1.17. The number of benzene rings is 1. The van der Waals surface area contributed by atoms with Crippen LogP contribution in [0.3, 0.4) is 0 Å². The number of hydrogen-bond acceptors (Lipinski definition) is 3. The zero-order valence-corrected chi connectivity index (χ0v) is 12.7. The summed E-state index contributed by atoms with van der Waals surface area (Å²) in [7, 11) is 3.43. The topological polar surface area (TPSA) is 30.5 Å². The molecule has 0 saturated heterocycles. The van der Waals surface area contributed by atoms with E-state index in [9.17, 15) is 0 Å². The third-order valence-corrected chi connectivity index (χ3v) is 3.40. The second-order valence-electron chi connectivity index (χ2n) is 4.72. The van der Waals surface area contributed by atoms with Gasteiger partial charge in [0, 0.05) is 11.6 Å². The van der Waals surface area contributed by atoms with Crippen molar-refractivity contribution in [3.8, 4) is 11.5 Å². The molecule has 1 aromatic carbocycles. The Hall–Kier alpha value is -1.22. The maximum Gasteiger partial charge on any atom is 0.125 e. The summed E-state index contributed by atoms with van der Waals surface area (Å²) in [6.45, 7) is 5.41. The van der Waals surface area contributed by atoms with Gasteiger partial charge in [-0.25, -0.2) is 0 Å².